The van der Waals surface area contributed by atoms with E-state index in [2.05, 4.69) is 5.32 Å². The van der Waals surface area contributed by atoms with Crippen LogP contribution in [0.3, 0.4) is 0 Å². The van der Waals surface area contributed by atoms with E-state index in [1.54, 1.807) is 6.07 Å². The van der Waals surface area contributed by atoms with Crippen molar-refractivity contribution in [2.24, 2.45) is 0 Å². The summed E-state index contributed by atoms with van der Waals surface area (Å²) in [5.74, 6) is -1.62. The lowest BCUT2D eigenvalue weighted by molar-refractivity contribution is 0.0947. The average Bonchev–Trinajstić information content (AvgIpc) is 2.39. The Hall–Kier alpha value is -2.43. The molecule has 0 aliphatic rings. The Morgan fingerprint density at radius 1 is 1.16 bits per heavy atom. The first-order valence-corrected chi connectivity index (χ1v) is 5.64. The summed E-state index contributed by atoms with van der Waals surface area (Å²) in [5, 5.41) is 2.51. The minimum atomic E-state index is -0.647. The van der Waals surface area contributed by atoms with Gasteiger partial charge in [0, 0.05) is 12.2 Å². The minimum absolute atomic E-state index is 0.116. The smallest absolute Gasteiger partial charge is 0.254 e. The van der Waals surface area contributed by atoms with Crippen molar-refractivity contribution in [1.82, 2.24) is 5.32 Å². The number of amides is 1. The van der Waals surface area contributed by atoms with Crippen molar-refractivity contribution in [1.29, 1.82) is 0 Å². The SMILES string of the molecule is Nc1ccc(F)c(C(=O)NCc2cccc(F)c2)c1. The summed E-state index contributed by atoms with van der Waals surface area (Å²) >= 11 is 0. The van der Waals surface area contributed by atoms with Crippen LogP contribution in [0.1, 0.15) is 15.9 Å². The molecule has 0 heterocycles. The van der Waals surface area contributed by atoms with Gasteiger partial charge in [-0.15, -0.1) is 0 Å². The van der Waals surface area contributed by atoms with Crippen LogP contribution < -0.4 is 11.1 Å². The second kappa shape index (κ2) is 5.48. The highest BCUT2D eigenvalue weighted by atomic mass is 19.1. The number of hydrogen-bond acceptors (Lipinski definition) is 2. The standard InChI is InChI=1S/C14H12F2N2O/c15-10-3-1-2-9(6-10)8-18-14(19)12-7-11(17)4-5-13(12)16/h1-7H,8,17H2,(H,18,19). The van der Waals surface area contributed by atoms with Crippen molar-refractivity contribution < 1.29 is 13.6 Å². The zero-order valence-electron chi connectivity index (χ0n) is 9.99. The van der Waals surface area contributed by atoms with Crippen molar-refractivity contribution >= 4 is 11.6 Å². The first kappa shape index (κ1) is 13.0. The van der Waals surface area contributed by atoms with Crippen LogP contribution in [0.15, 0.2) is 42.5 Å². The van der Waals surface area contributed by atoms with E-state index in [-0.39, 0.29) is 17.9 Å². The molecule has 2 aromatic carbocycles. The van der Waals surface area contributed by atoms with Crippen LogP contribution in [-0.4, -0.2) is 5.91 Å². The van der Waals surface area contributed by atoms with Crippen molar-refractivity contribution in [3.8, 4) is 0 Å². The normalized spacial score (nSPS) is 10.2. The Balaban J connectivity index is 2.07. The summed E-state index contributed by atoms with van der Waals surface area (Å²) in [7, 11) is 0. The zero-order valence-corrected chi connectivity index (χ0v) is 9.99. The molecule has 0 aliphatic carbocycles. The van der Waals surface area contributed by atoms with E-state index >= 15 is 0 Å². The van der Waals surface area contributed by atoms with Gasteiger partial charge in [0.25, 0.3) is 5.91 Å². The topological polar surface area (TPSA) is 55.1 Å². The molecular weight excluding hydrogens is 250 g/mol. The number of nitrogens with one attached hydrogen (secondary N) is 1. The average molecular weight is 262 g/mol. The van der Waals surface area contributed by atoms with Crippen LogP contribution >= 0.6 is 0 Å². The fourth-order valence-electron chi connectivity index (χ4n) is 1.64. The predicted molar refractivity (Wildman–Crippen MR) is 68.4 cm³/mol. The van der Waals surface area contributed by atoms with Gasteiger partial charge in [-0.05, 0) is 35.9 Å². The molecule has 2 rings (SSSR count). The van der Waals surface area contributed by atoms with Gasteiger partial charge in [0.2, 0.25) is 0 Å². The molecule has 1 amide bonds. The third-order valence-corrected chi connectivity index (χ3v) is 2.58. The molecule has 5 heteroatoms. The molecule has 0 aromatic heterocycles. The fraction of sp³-hybridized carbons (Fsp3) is 0.0714. The molecule has 3 N–H and O–H groups in total. The van der Waals surface area contributed by atoms with Crippen molar-refractivity contribution in [3.05, 3.63) is 65.2 Å². The highest BCUT2D eigenvalue weighted by Crippen LogP contribution is 2.12. The fourth-order valence-corrected chi connectivity index (χ4v) is 1.64. The van der Waals surface area contributed by atoms with E-state index in [9.17, 15) is 13.6 Å². The summed E-state index contributed by atoms with van der Waals surface area (Å²) in [4.78, 5) is 11.8. The maximum absolute atomic E-state index is 13.4. The molecule has 0 spiro atoms. The molecule has 0 aliphatic heterocycles. The van der Waals surface area contributed by atoms with Gasteiger partial charge in [0.15, 0.2) is 0 Å². The van der Waals surface area contributed by atoms with E-state index < -0.39 is 11.7 Å². The maximum Gasteiger partial charge on any atom is 0.254 e. The van der Waals surface area contributed by atoms with E-state index in [1.807, 2.05) is 0 Å². The third kappa shape index (κ3) is 3.28. The Labute approximate surface area is 109 Å². The Kier molecular flexibility index (Phi) is 3.75. The molecule has 0 unspecified atom stereocenters. The van der Waals surface area contributed by atoms with Gasteiger partial charge in [0.05, 0.1) is 5.56 Å². The highest BCUT2D eigenvalue weighted by molar-refractivity contribution is 5.95. The summed E-state index contributed by atoms with van der Waals surface area (Å²) in [5.41, 5.74) is 6.27. The lowest BCUT2D eigenvalue weighted by Gasteiger charge is -2.07. The second-order valence-electron chi connectivity index (χ2n) is 4.05. The van der Waals surface area contributed by atoms with E-state index in [0.717, 1.165) is 6.07 Å². The van der Waals surface area contributed by atoms with E-state index in [0.29, 0.717) is 11.3 Å². The number of anilines is 1. The lowest BCUT2D eigenvalue weighted by Crippen LogP contribution is -2.24. The summed E-state index contributed by atoms with van der Waals surface area (Å²) < 4.78 is 26.4. The van der Waals surface area contributed by atoms with Crippen LogP contribution in [0.4, 0.5) is 14.5 Å². The molecule has 0 saturated heterocycles. The molecule has 0 radical (unpaired) electrons. The Bertz CT molecular complexity index is 614. The Morgan fingerprint density at radius 2 is 1.95 bits per heavy atom. The summed E-state index contributed by atoms with van der Waals surface area (Å²) in [6.07, 6.45) is 0. The number of carbonyl (C=O) groups excluding carboxylic acids is 1. The largest absolute Gasteiger partial charge is 0.399 e. The number of rotatable bonds is 3. The molecular formula is C14H12F2N2O. The maximum atomic E-state index is 13.4. The van der Waals surface area contributed by atoms with E-state index in [4.69, 9.17) is 5.73 Å². The summed E-state index contributed by atoms with van der Waals surface area (Å²) in [6, 6.07) is 9.58. The number of halogens is 2. The molecule has 0 saturated carbocycles. The molecule has 98 valence electrons. The second-order valence-corrected chi connectivity index (χ2v) is 4.05. The molecule has 2 aromatic rings. The number of hydrogen-bond donors (Lipinski definition) is 2. The first-order chi connectivity index (χ1) is 9.06. The van der Waals surface area contributed by atoms with Crippen molar-refractivity contribution in [3.63, 3.8) is 0 Å². The quantitative estimate of drug-likeness (QED) is 0.835. The molecule has 0 fully saturated rings. The number of carbonyl (C=O) groups is 1. The van der Waals surface area contributed by atoms with Crippen LogP contribution in [0.2, 0.25) is 0 Å². The highest BCUT2D eigenvalue weighted by Gasteiger charge is 2.11. The van der Waals surface area contributed by atoms with Gasteiger partial charge < -0.3 is 11.1 Å². The van der Waals surface area contributed by atoms with Crippen LogP contribution in [0, 0.1) is 11.6 Å². The van der Waals surface area contributed by atoms with Gasteiger partial charge >= 0.3 is 0 Å². The van der Waals surface area contributed by atoms with Crippen molar-refractivity contribution in [2.45, 2.75) is 6.54 Å². The minimum Gasteiger partial charge on any atom is -0.399 e. The van der Waals surface area contributed by atoms with Gasteiger partial charge in [-0.3, -0.25) is 4.79 Å². The zero-order chi connectivity index (χ0) is 13.8. The van der Waals surface area contributed by atoms with Crippen LogP contribution in [0.5, 0.6) is 0 Å². The number of nitrogens with two attached hydrogens (primary N) is 1. The Morgan fingerprint density at radius 3 is 2.68 bits per heavy atom. The monoisotopic (exact) mass is 262 g/mol. The van der Waals surface area contributed by atoms with Gasteiger partial charge in [-0.1, -0.05) is 12.1 Å². The molecule has 3 nitrogen and oxygen atoms in total. The van der Waals surface area contributed by atoms with Crippen LogP contribution in [0.25, 0.3) is 0 Å². The number of benzene rings is 2. The summed E-state index contributed by atoms with van der Waals surface area (Å²) in [6.45, 7) is 0.116. The van der Waals surface area contributed by atoms with Gasteiger partial charge in [-0.2, -0.15) is 0 Å². The lowest BCUT2D eigenvalue weighted by atomic mass is 10.1. The third-order valence-electron chi connectivity index (χ3n) is 2.58. The molecule has 19 heavy (non-hydrogen) atoms. The van der Waals surface area contributed by atoms with Crippen molar-refractivity contribution in [2.75, 3.05) is 5.73 Å². The predicted octanol–water partition coefficient (Wildman–Crippen LogP) is 2.48. The van der Waals surface area contributed by atoms with Gasteiger partial charge in [-0.25, -0.2) is 8.78 Å². The molecule has 0 atom stereocenters. The van der Waals surface area contributed by atoms with Crippen LogP contribution in [-0.2, 0) is 6.54 Å². The van der Waals surface area contributed by atoms with E-state index in [1.165, 1.54) is 30.3 Å². The molecule has 0 bridgehead atoms. The number of nitrogen functional groups attached to an aromatic ring is 1. The first-order valence-electron chi connectivity index (χ1n) is 5.64. The van der Waals surface area contributed by atoms with Gasteiger partial charge in [0.1, 0.15) is 11.6 Å².